The molecule has 34 heavy (non-hydrogen) atoms. The summed E-state index contributed by atoms with van der Waals surface area (Å²) in [6, 6.07) is 11.6. The van der Waals surface area contributed by atoms with E-state index in [2.05, 4.69) is 10.6 Å². The summed E-state index contributed by atoms with van der Waals surface area (Å²) in [6.45, 7) is 3.31. The third kappa shape index (κ3) is 5.51. The van der Waals surface area contributed by atoms with Gasteiger partial charge in [-0.15, -0.1) is 0 Å². The van der Waals surface area contributed by atoms with Gasteiger partial charge < -0.3 is 20.1 Å². The number of piperidine rings is 1. The Bertz CT molecular complexity index is 1140. The molecule has 0 bridgehead atoms. The lowest BCUT2D eigenvalue weighted by molar-refractivity contribution is -0.121. The molecular weight excluding hydrogens is 458 g/mol. The molecule has 2 amide bonds. The molecule has 2 heterocycles. The van der Waals surface area contributed by atoms with E-state index in [0.29, 0.717) is 55.4 Å². The van der Waals surface area contributed by atoms with Crippen molar-refractivity contribution >= 4 is 33.2 Å². The van der Waals surface area contributed by atoms with Crippen LogP contribution in [0, 0.1) is 5.92 Å². The Hall–Kier alpha value is -3.11. The first-order valence-corrected chi connectivity index (χ1v) is 12.9. The van der Waals surface area contributed by atoms with E-state index in [0.717, 1.165) is 6.42 Å². The van der Waals surface area contributed by atoms with Crippen molar-refractivity contribution < 1.29 is 27.5 Å². The van der Waals surface area contributed by atoms with E-state index >= 15 is 0 Å². The number of fused-ring (bicyclic) bond motifs is 1. The Morgan fingerprint density at radius 2 is 1.56 bits per heavy atom. The first kappa shape index (κ1) is 24.0. The van der Waals surface area contributed by atoms with Gasteiger partial charge >= 0.3 is 0 Å². The number of anilines is 2. The lowest BCUT2D eigenvalue weighted by Crippen LogP contribution is -2.41. The zero-order valence-corrected chi connectivity index (χ0v) is 19.9. The molecule has 0 spiro atoms. The minimum atomic E-state index is -3.70. The molecule has 1 fully saturated rings. The number of hydrogen-bond acceptors (Lipinski definition) is 6. The highest BCUT2D eigenvalue weighted by Gasteiger charge is 2.32. The Kier molecular flexibility index (Phi) is 7.38. The average Bonchev–Trinajstić information content (AvgIpc) is 3.10. The van der Waals surface area contributed by atoms with Crippen molar-refractivity contribution in [2.45, 2.75) is 37.5 Å². The van der Waals surface area contributed by atoms with Crippen LogP contribution in [0.1, 0.15) is 32.6 Å². The van der Waals surface area contributed by atoms with Crippen LogP contribution in [0.25, 0.3) is 0 Å². The summed E-state index contributed by atoms with van der Waals surface area (Å²) < 4.78 is 38.9. The number of amides is 2. The van der Waals surface area contributed by atoms with Crippen molar-refractivity contribution in [1.82, 2.24) is 4.31 Å². The Morgan fingerprint density at radius 3 is 2.21 bits per heavy atom. The molecule has 4 rings (SSSR count). The van der Waals surface area contributed by atoms with Gasteiger partial charge in [-0.2, -0.15) is 4.31 Å². The predicted octanol–water partition coefficient (Wildman–Crippen LogP) is 3.24. The second kappa shape index (κ2) is 10.4. The van der Waals surface area contributed by atoms with E-state index in [1.54, 1.807) is 37.3 Å². The van der Waals surface area contributed by atoms with E-state index < -0.39 is 10.0 Å². The van der Waals surface area contributed by atoms with Gasteiger partial charge in [-0.3, -0.25) is 9.59 Å². The number of nitrogens with zero attached hydrogens (tertiary/aromatic N) is 1. The van der Waals surface area contributed by atoms with Gasteiger partial charge in [0.2, 0.25) is 21.8 Å². The van der Waals surface area contributed by atoms with Crippen LogP contribution >= 0.6 is 0 Å². The normalized spacial score (nSPS) is 17.0. The molecule has 2 N–H and O–H groups in total. The van der Waals surface area contributed by atoms with E-state index in [-0.39, 0.29) is 35.7 Å². The minimum absolute atomic E-state index is 0.0785. The third-order valence-corrected chi connectivity index (χ3v) is 7.83. The number of carbonyl (C=O) groups excluding carboxylic acids is 2. The number of carbonyl (C=O) groups is 2. The van der Waals surface area contributed by atoms with Crippen LogP contribution in [0.2, 0.25) is 0 Å². The summed E-state index contributed by atoms with van der Waals surface area (Å²) in [7, 11) is -3.70. The van der Waals surface area contributed by atoms with Crippen molar-refractivity contribution in [2.24, 2.45) is 5.92 Å². The number of rotatable bonds is 6. The van der Waals surface area contributed by atoms with Crippen molar-refractivity contribution in [3.05, 3.63) is 42.5 Å². The molecular formula is C24H29N3O6S. The van der Waals surface area contributed by atoms with Gasteiger partial charge in [-0.05, 0) is 49.2 Å². The molecule has 0 aliphatic carbocycles. The quantitative estimate of drug-likeness (QED) is 0.647. The number of nitrogens with one attached hydrogen (secondary N) is 2. The maximum atomic E-state index is 13.2. The standard InChI is InChI=1S/C24H29N3O6S/c1-2-23(28)25-18-4-6-19(7-5-18)26-24(29)17-10-12-27(13-11-17)34(30,31)20-8-9-21-22(16-20)33-15-3-14-32-21/h4-9,16-17H,2-3,10-15H2,1H3,(H,25,28)(H,26,29). The highest BCUT2D eigenvalue weighted by molar-refractivity contribution is 7.89. The van der Waals surface area contributed by atoms with Crippen molar-refractivity contribution in [1.29, 1.82) is 0 Å². The highest BCUT2D eigenvalue weighted by Crippen LogP contribution is 2.34. The summed E-state index contributed by atoms with van der Waals surface area (Å²) >= 11 is 0. The largest absolute Gasteiger partial charge is 0.490 e. The predicted molar refractivity (Wildman–Crippen MR) is 128 cm³/mol. The molecule has 0 atom stereocenters. The lowest BCUT2D eigenvalue weighted by Gasteiger charge is -2.30. The summed E-state index contributed by atoms with van der Waals surface area (Å²) in [4.78, 5) is 24.4. The maximum Gasteiger partial charge on any atom is 0.243 e. The van der Waals surface area contributed by atoms with Gasteiger partial charge in [-0.25, -0.2) is 8.42 Å². The molecule has 0 radical (unpaired) electrons. The fraction of sp³-hybridized carbons (Fsp3) is 0.417. The Balaban J connectivity index is 1.34. The van der Waals surface area contributed by atoms with Crippen LogP contribution in [0.3, 0.4) is 0 Å². The van der Waals surface area contributed by atoms with Gasteiger partial charge in [0.25, 0.3) is 0 Å². The zero-order valence-electron chi connectivity index (χ0n) is 19.1. The lowest BCUT2D eigenvalue weighted by atomic mass is 9.97. The van der Waals surface area contributed by atoms with E-state index in [1.807, 2.05) is 0 Å². The topological polar surface area (TPSA) is 114 Å². The van der Waals surface area contributed by atoms with Gasteiger partial charge in [0.05, 0.1) is 18.1 Å². The second-order valence-electron chi connectivity index (χ2n) is 8.31. The number of hydrogen-bond donors (Lipinski definition) is 2. The van der Waals surface area contributed by atoms with Crippen LogP contribution in [0.15, 0.2) is 47.4 Å². The first-order chi connectivity index (χ1) is 16.4. The van der Waals surface area contributed by atoms with Crippen molar-refractivity contribution in [3.63, 3.8) is 0 Å². The number of ether oxygens (including phenoxy) is 2. The van der Waals surface area contributed by atoms with Gasteiger partial charge in [-0.1, -0.05) is 6.92 Å². The summed E-state index contributed by atoms with van der Waals surface area (Å²) in [5.74, 6) is 0.485. The van der Waals surface area contributed by atoms with Crippen LogP contribution in [-0.4, -0.2) is 50.8 Å². The SMILES string of the molecule is CCC(=O)Nc1ccc(NC(=O)C2CCN(S(=O)(=O)c3ccc4c(c3)OCCCO4)CC2)cc1. The molecule has 9 nitrogen and oxygen atoms in total. The number of benzene rings is 2. The molecule has 182 valence electrons. The summed E-state index contributed by atoms with van der Waals surface area (Å²) in [5.41, 5.74) is 1.29. The summed E-state index contributed by atoms with van der Waals surface area (Å²) in [6.07, 6.45) is 1.99. The molecule has 0 unspecified atom stereocenters. The van der Waals surface area contributed by atoms with E-state index in [9.17, 15) is 18.0 Å². The monoisotopic (exact) mass is 487 g/mol. The van der Waals surface area contributed by atoms with Crippen molar-refractivity contribution in [3.8, 4) is 11.5 Å². The smallest absolute Gasteiger partial charge is 0.243 e. The molecule has 2 aromatic carbocycles. The molecule has 1 saturated heterocycles. The van der Waals surface area contributed by atoms with Crippen molar-refractivity contribution in [2.75, 3.05) is 36.9 Å². The molecule has 2 aliphatic rings. The Morgan fingerprint density at radius 1 is 0.941 bits per heavy atom. The average molecular weight is 488 g/mol. The highest BCUT2D eigenvalue weighted by atomic mass is 32.2. The molecule has 2 aliphatic heterocycles. The third-order valence-electron chi connectivity index (χ3n) is 5.94. The van der Waals surface area contributed by atoms with Gasteiger partial charge in [0.1, 0.15) is 0 Å². The van der Waals surface area contributed by atoms with E-state index in [1.165, 1.54) is 16.4 Å². The minimum Gasteiger partial charge on any atom is -0.490 e. The molecule has 10 heteroatoms. The van der Waals surface area contributed by atoms with Crippen LogP contribution in [0.4, 0.5) is 11.4 Å². The van der Waals surface area contributed by atoms with Gasteiger partial charge in [0, 0.05) is 49.3 Å². The van der Waals surface area contributed by atoms with Gasteiger partial charge in [0.15, 0.2) is 11.5 Å². The zero-order chi connectivity index (χ0) is 24.1. The maximum absolute atomic E-state index is 13.2. The fourth-order valence-corrected chi connectivity index (χ4v) is 5.43. The molecule has 0 aromatic heterocycles. The molecule has 2 aromatic rings. The Labute approximate surface area is 199 Å². The van der Waals surface area contributed by atoms with Crippen LogP contribution in [-0.2, 0) is 19.6 Å². The number of sulfonamides is 1. The summed E-state index contributed by atoms with van der Waals surface area (Å²) in [5, 5.41) is 5.64. The second-order valence-corrected chi connectivity index (χ2v) is 10.2. The molecule has 0 saturated carbocycles. The van der Waals surface area contributed by atoms with E-state index in [4.69, 9.17) is 9.47 Å². The first-order valence-electron chi connectivity index (χ1n) is 11.5. The fourth-order valence-electron chi connectivity index (χ4n) is 3.94. The van der Waals surface area contributed by atoms with Crippen LogP contribution in [0.5, 0.6) is 11.5 Å². The van der Waals surface area contributed by atoms with Crippen LogP contribution < -0.4 is 20.1 Å².